The molecule has 2 amide bonds. The van der Waals surface area contributed by atoms with E-state index < -0.39 is 12.0 Å². The summed E-state index contributed by atoms with van der Waals surface area (Å²) in [7, 11) is 0. The van der Waals surface area contributed by atoms with E-state index in [9.17, 15) is 9.59 Å². The van der Waals surface area contributed by atoms with Gasteiger partial charge in [0, 0.05) is 6.04 Å². The van der Waals surface area contributed by atoms with Crippen molar-refractivity contribution in [2.45, 2.75) is 24.9 Å². The van der Waals surface area contributed by atoms with Crippen LogP contribution >= 0.6 is 0 Å². The van der Waals surface area contributed by atoms with Gasteiger partial charge in [-0.05, 0) is 18.8 Å². The van der Waals surface area contributed by atoms with E-state index in [2.05, 4.69) is 5.32 Å². The van der Waals surface area contributed by atoms with Crippen LogP contribution in [0.2, 0.25) is 0 Å². The molecule has 0 unspecified atom stereocenters. The molecule has 1 saturated carbocycles. The standard InChI is InChI=1S/C7H10N2O3/c10-6(9-7(11)12)5-2-3-1-4(3)8-5/h3-5,8H,1-2H2,(H,9,10)(H,11,12)/t3-,4-,5-/m0/s1. The highest BCUT2D eigenvalue weighted by Crippen LogP contribution is 2.40. The Hall–Kier alpha value is -1.10. The van der Waals surface area contributed by atoms with Crippen LogP contribution in [0.1, 0.15) is 12.8 Å². The molecule has 1 aliphatic carbocycles. The molecule has 3 N–H and O–H groups in total. The van der Waals surface area contributed by atoms with Gasteiger partial charge in [-0.2, -0.15) is 0 Å². The monoisotopic (exact) mass is 170 g/mol. The largest absolute Gasteiger partial charge is 0.465 e. The van der Waals surface area contributed by atoms with E-state index in [-0.39, 0.29) is 6.04 Å². The average molecular weight is 170 g/mol. The number of amides is 2. The van der Waals surface area contributed by atoms with E-state index in [4.69, 9.17) is 5.11 Å². The van der Waals surface area contributed by atoms with Crippen LogP contribution in [0.5, 0.6) is 0 Å². The quantitative estimate of drug-likeness (QED) is 0.497. The molecule has 12 heavy (non-hydrogen) atoms. The van der Waals surface area contributed by atoms with Crippen molar-refractivity contribution in [1.82, 2.24) is 10.6 Å². The summed E-state index contributed by atoms with van der Waals surface area (Å²) in [4.78, 5) is 21.2. The molecule has 1 heterocycles. The van der Waals surface area contributed by atoms with Gasteiger partial charge in [0.2, 0.25) is 5.91 Å². The number of hydrogen-bond donors (Lipinski definition) is 3. The minimum atomic E-state index is -1.28. The van der Waals surface area contributed by atoms with Gasteiger partial charge in [-0.25, -0.2) is 4.79 Å². The molecule has 0 spiro atoms. The fourth-order valence-electron chi connectivity index (χ4n) is 1.72. The third kappa shape index (κ3) is 1.27. The summed E-state index contributed by atoms with van der Waals surface area (Å²) >= 11 is 0. The summed E-state index contributed by atoms with van der Waals surface area (Å²) in [6.07, 6.45) is 0.642. The molecule has 2 fully saturated rings. The first-order valence-electron chi connectivity index (χ1n) is 3.96. The highest BCUT2D eigenvalue weighted by atomic mass is 16.4. The Morgan fingerprint density at radius 1 is 1.42 bits per heavy atom. The van der Waals surface area contributed by atoms with Gasteiger partial charge in [-0.1, -0.05) is 0 Å². The third-order valence-electron chi connectivity index (χ3n) is 2.42. The smallest absolute Gasteiger partial charge is 0.411 e. The molecule has 3 atom stereocenters. The number of fused-ring (bicyclic) bond motifs is 1. The zero-order valence-electron chi connectivity index (χ0n) is 6.41. The van der Waals surface area contributed by atoms with Crippen LogP contribution in [-0.4, -0.2) is 29.2 Å². The van der Waals surface area contributed by atoms with E-state index >= 15 is 0 Å². The van der Waals surface area contributed by atoms with Gasteiger partial charge >= 0.3 is 6.09 Å². The molecule has 0 bridgehead atoms. The number of rotatable bonds is 1. The van der Waals surface area contributed by atoms with Crippen molar-refractivity contribution in [3.8, 4) is 0 Å². The van der Waals surface area contributed by atoms with Crippen LogP contribution in [0.3, 0.4) is 0 Å². The maximum absolute atomic E-state index is 11.1. The molecule has 2 rings (SSSR count). The molecule has 0 aromatic rings. The average Bonchev–Trinajstić information content (AvgIpc) is 2.57. The molecule has 5 nitrogen and oxygen atoms in total. The Labute approximate surface area is 69.1 Å². The molecule has 2 aliphatic rings. The van der Waals surface area contributed by atoms with Crippen LogP contribution < -0.4 is 10.6 Å². The fraction of sp³-hybridized carbons (Fsp3) is 0.714. The lowest BCUT2D eigenvalue weighted by Gasteiger charge is -2.10. The second-order valence-electron chi connectivity index (χ2n) is 3.35. The lowest BCUT2D eigenvalue weighted by atomic mass is 10.2. The van der Waals surface area contributed by atoms with Gasteiger partial charge in [-0.3, -0.25) is 10.1 Å². The molecule has 0 aromatic heterocycles. The number of carboxylic acid groups (broad SMARTS) is 1. The lowest BCUT2D eigenvalue weighted by Crippen LogP contribution is -2.44. The minimum Gasteiger partial charge on any atom is -0.465 e. The Morgan fingerprint density at radius 3 is 2.67 bits per heavy atom. The molecule has 1 aliphatic heterocycles. The number of nitrogens with one attached hydrogen (secondary N) is 2. The number of carbonyl (C=O) groups excluding carboxylic acids is 1. The Kier molecular flexibility index (Phi) is 1.54. The van der Waals surface area contributed by atoms with Crippen LogP contribution in [0.15, 0.2) is 0 Å². The summed E-state index contributed by atoms with van der Waals surface area (Å²) in [6, 6.07) is 0.180. The maximum Gasteiger partial charge on any atom is 0.411 e. The van der Waals surface area contributed by atoms with Crippen LogP contribution in [-0.2, 0) is 4.79 Å². The van der Waals surface area contributed by atoms with Crippen LogP contribution in [0.4, 0.5) is 4.79 Å². The fourth-order valence-corrected chi connectivity index (χ4v) is 1.72. The molecule has 5 heteroatoms. The molecular weight excluding hydrogens is 160 g/mol. The van der Waals surface area contributed by atoms with Gasteiger partial charge < -0.3 is 10.4 Å². The minimum absolute atomic E-state index is 0.287. The van der Waals surface area contributed by atoms with E-state index in [1.54, 1.807) is 0 Å². The van der Waals surface area contributed by atoms with Gasteiger partial charge in [-0.15, -0.1) is 0 Å². The van der Waals surface area contributed by atoms with Crippen LogP contribution in [0.25, 0.3) is 0 Å². The SMILES string of the molecule is O=C(O)NC(=O)[C@@H]1C[C@@H]2C[C@@H]2N1. The van der Waals surface area contributed by atoms with Crippen molar-refractivity contribution < 1.29 is 14.7 Å². The Bertz CT molecular complexity index is 231. The second kappa shape index (κ2) is 2.45. The Morgan fingerprint density at radius 2 is 2.17 bits per heavy atom. The van der Waals surface area contributed by atoms with E-state index in [1.165, 1.54) is 0 Å². The highest BCUT2D eigenvalue weighted by molar-refractivity contribution is 5.94. The zero-order chi connectivity index (χ0) is 8.72. The van der Waals surface area contributed by atoms with Crippen molar-refractivity contribution in [2.75, 3.05) is 0 Å². The normalized spacial score (nSPS) is 37.2. The first-order valence-corrected chi connectivity index (χ1v) is 3.96. The van der Waals surface area contributed by atoms with Gasteiger partial charge in [0.25, 0.3) is 0 Å². The first kappa shape index (κ1) is 7.54. The van der Waals surface area contributed by atoms with E-state index in [0.29, 0.717) is 12.0 Å². The van der Waals surface area contributed by atoms with Crippen molar-refractivity contribution >= 4 is 12.0 Å². The third-order valence-corrected chi connectivity index (χ3v) is 2.42. The predicted octanol–water partition coefficient (Wildman–Crippen LogP) is -0.469. The van der Waals surface area contributed by atoms with Crippen molar-refractivity contribution in [3.05, 3.63) is 0 Å². The highest BCUT2D eigenvalue weighted by Gasteiger charge is 2.47. The molecule has 0 aromatic carbocycles. The van der Waals surface area contributed by atoms with Crippen molar-refractivity contribution in [3.63, 3.8) is 0 Å². The van der Waals surface area contributed by atoms with E-state index in [1.807, 2.05) is 5.32 Å². The first-order chi connectivity index (χ1) is 5.66. The summed E-state index contributed by atoms with van der Waals surface area (Å²) in [5.41, 5.74) is 0. The maximum atomic E-state index is 11.1. The van der Waals surface area contributed by atoms with Gasteiger partial charge in [0.15, 0.2) is 0 Å². The predicted molar refractivity (Wildman–Crippen MR) is 39.6 cm³/mol. The van der Waals surface area contributed by atoms with Gasteiger partial charge in [0.1, 0.15) is 0 Å². The molecule has 66 valence electrons. The van der Waals surface area contributed by atoms with Crippen molar-refractivity contribution in [1.29, 1.82) is 0 Å². The van der Waals surface area contributed by atoms with Crippen molar-refractivity contribution in [2.24, 2.45) is 5.92 Å². The number of carbonyl (C=O) groups is 2. The van der Waals surface area contributed by atoms with E-state index in [0.717, 1.165) is 12.8 Å². The number of hydrogen-bond acceptors (Lipinski definition) is 3. The summed E-state index contributed by atoms with van der Waals surface area (Å²) in [5.74, 6) is 0.184. The molecule has 1 saturated heterocycles. The summed E-state index contributed by atoms with van der Waals surface area (Å²) < 4.78 is 0. The van der Waals surface area contributed by atoms with Gasteiger partial charge in [0.05, 0.1) is 6.04 Å². The van der Waals surface area contributed by atoms with Crippen LogP contribution in [0, 0.1) is 5.92 Å². The lowest BCUT2D eigenvalue weighted by molar-refractivity contribution is -0.122. The second-order valence-corrected chi connectivity index (χ2v) is 3.35. The molecule has 0 radical (unpaired) electrons. The zero-order valence-corrected chi connectivity index (χ0v) is 6.41. The molecular formula is C7H10N2O3. The summed E-state index contributed by atoms with van der Waals surface area (Å²) in [6.45, 7) is 0. The number of imide groups is 1. The Balaban J connectivity index is 1.84. The topological polar surface area (TPSA) is 78.4 Å². The summed E-state index contributed by atoms with van der Waals surface area (Å²) in [5, 5.41) is 13.2. The number of piperidine rings is 1.